The van der Waals surface area contributed by atoms with Crippen LogP contribution in [-0.2, 0) is 87.1 Å². The second kappa shape index (κ2) is 44.5. The zero-order valence-corrected chi connectivity index (χ0v) is 83.0. The molecule has 3 saturated heterocycles. The number of carboxylic acid groups (broad SMARTS) is 3. The number of rotatable bonds is 52. The van der Waals surface area contributed by atoms with E-state index in [4.69, 9.17) is 18.9 Å². The van der Waals surface area contributed by atoms with E-state index in [1.54, 1.807) is 147 Å². The lowest BCUT2D eigenvalue weighted by atomic mass is 9.57. The number of esters is 3. The van der Waals surface area contributed by atoms with Crippen molar-refractivity contribution in [1.82, 2.24) is 39.7 Å². The molecule has 0 saturated carbocycles. The number of methoxy groups -OCH3 is 2. The molecule has 35 nitrogen and oxygen atoms in total. The van der Waals surface area contributed by atoms with Gasteiger partial charge in [-0.15, -0.1) is 0 Å². The Hall–Kier alpha value is -10.6. The number of imide groups is 2. The molecule has 37 heteroatoms. The number of likely N-dealkylation sites (tertiary alicyclic amines) is 2. The standard InChI is InChI=1S/C97H138N8O27S2/c1-24-92(6,7)73(80(110)98-37-26-39-100-133(125,126)70-45-59(66(106)47-68(70)129-22)78(108)57-33-29-54(3)30-34-57)63(86(116)117)51-96(14,15)75-62(82(112)104(84(75)114)42-28-40-101-134(127,128)71-46-60(67(107)48-69(71)130-23)79(109)58-35-31-55(4)32-36-58)50-95(12,13)76-61(83(113)105(85(76)115)44-43-103(20)21)49-94(10,11)74(81(111)99-38-27-41-102(18)19)64(87(118)119)52-97(16,17)77(90(123)131-25-2)65(88(120)121)53-93(8,9)72-56(5)89(122)132-91(72)124/h29-36,45-48,56,61-65,72-77,100-101,106-107H,24-28,37-44,49-53H2,1-23H3,(H,98,110)(H,99,111)(H,116,117)(H,118,119)(H,120,121). The van der Waals surface area contributed by atoms with Gasteiger partial charge in [0.2, 0.25) is 55.5 Å². The number of carboxylic acids is 3. The van der Waals surface area contributed by atoms with Crippen molar-refractivity contribution in [3.05, 3.63) is 106 Å². The Morgan fingerprint density at radius 3 is 1.28 bits per heavy atom. The Kier molecular flexibility index (Phi) is 36.6. The Morgan fingerprint density at radius 2 is 0.873 bits per heavy atom. The van der Waals surface area contributed by atoms with Crippen LogP contribution in [0, 0.1) is 117 Å². The van der Waals surface area contributed by atoms with Crippen LogP contribution in [0.25, 0.3) is 0 Å². The molecule has 12 atom stereocenters. The summed E-state index contributed by atoms with van der Waals surface area (Å²) in [5, 5.41) is 62.4. The number of ketones is 2. The Bertz CT molecular complexity index is 5290. The van der Waals surface area contributed by atoms with Crippen molar-refractivity contribution >= 4 is 103 Å². The van der Waals surface area contributed by atoms with Crippen molar-refractivity contribution in [3.63, 3.8) is 0 Å². The highest BCUT2D eigenvalue weighted by Crippen LogP contribution is 2.57. The van der Waals surface area contributed by atoms with Gasteiger partial charge in [-0.25, -0.2) is 26.3 Å². The molecule has 12 unspecified atom stereocenters. The van der Waals surface area contributed by atoms with Crippen LogP contribution in [-0.4, -0.2) is 246 Å². The maximum atomic E-state index is 16.1. The average molecular weight is 1910 g/mol. The van der Waals surface area contributed by atoms with Gasteiger partial charge >= 0.3 is 35.8 Å². The van der Waals surface area contributed by atoms with Crippen LogP contribution < -0.4 is 29.6 Å². The van der Waals surface area contributed by atoms with Gasteiger partial charge in [-0.3, -0.25) is 76.9 Å². The summed E-state index contributed by atoms with van der Waals surface area (Å²) in [5.74, 6) is -33.9. The van der Waals surface area contributed by atoms with Crippen molar-refractivity contribution < 1.29 is 128 Å². The number of aliphatic carboxylic acids is 3. The van der Waals surface area contributed by atoms with Gasteiger partial charge in [0.25, 0.3) is 0 Å². The van der Waals surface area contributed by atoms with Crippen LogP contribution in [0.3, 0.4) is 0 Å². The zero-order valence-electron chi connectivity index (χ0n) is 81.4. The molecular formula is C97H138N8O27S2. The second-order valence-electron chi connectivity index (χ2n) is 40.6. The maximum Gasteiger partial charge on any atom is 0.318 e. The van der Waals surface area contributed by atoms with Crippen LogP contribution in [0.1, 0.15) is 205 Å². The van der Waals surface area contributed by atoms with E-state index in [-0.39, 0.29) is 92.3 Å². The number of ether oxygens (including phenoxy) is 4. The largest absolute Gasteiger partial charge is 0.507 e. The molecule has 0 radical (unpaired) electrons. The summed E-state index contributed by atoms with van der Waals surface area (Å²) >= 11 is 0. The lowest BCUT2D eigenvalue weighted by Gasteiger charge is -2.45. The normalized spacial score (nSPS) is 19.1. The second-order valence-corrected chi connectivity index (χ2v) is 44.1. The molecule has 0 aromatic heterocycles. The minimum absolute atomic E-state index is 0.0103. The van der Waals surface area contributed by atoms with Crippen molar-refractivity contribution in [2.24, 2.45) is 104 Å². The molecule has 3 aliphatic rings. The molecule has 3 heterocycles. The van der Waals surface area contributed by atoms with Crippen LogP contribution in [0.4, 0.5) is 0 Å². The Morgan fingerprint density at radius 1 is 0.478 bits per heavy atom. The van der Waals surface area contributed by atoms with Crippen LogP contribution in [0.2, 0.25) is 0 Å². The number of amides is 6. The molecule has 7 rings (SSSR count). The molecule has 6 amide bonds. The van der Waals surface area contributed by atoms with E-state index in [2.05, 4.69) is 20.1 Å². The minimum atomic E-state index is -4.70. The number of benzene rings is 4. The third-order valence-corrected chi connectivity index (χ3v) is 30.2. The Balaban J connectivity index is 1.31. The summed E-state index contributed by atoms with van der Waals surface area (Å²) in [7, 11) is 0.0677. The van der Waals surface area contributed by atoms with E-state index in [0.29, 0.717) is 13.0 Å². The summed E-state index contributed by atoms with van der Waals surface area (Å²) in [6.07, 6.45) is -2.37. The van der Waals surface area contributed by atoms with Crippen LogP contribution in [0.15, 0.2) is 82.6 Å². The van der Waals surface area contributed by atoms with Crippen molar-refractivity contribution in [2.75, 3.05) is 101 Å². The maximum absolute atomic E-state index is 16.1. The van der Waals surface area contributed by atoms with Gasteiger partial charge in [0.05, 0.1) is 103 Å². The number of aryl methyl sites for hydroxylation is 2. The van der Waals surface area contributed by atoms with E-state index in [9.17, 15) is 80.7 Å². The smallest absolute Gasteiger partial charge is 0.318 e. The average Bonchev–Trinajstić information content (AvgIpc) is 1.57. The predicted octanol–water partition coefficient (Wildman–Crippen LogP) is 9.55. The monoisotopic (exact) mass is 1910 g/mol. The highest BCUT2D eigenvalue weighted by Gasteiger charge is 2.63. The molecule has 740 valence electrons. The van der Waals surface area contributed by atoms with Gasteiger partial charge in [-0.05, 0) is 151 Å². The summed E-state index contributed by atoms with van der Waals surface area (Å²) in [5.41, 5.74) is -8.10. The summed E-state index contributed by atoms with van der Waals surface area (Å²) < 4.78 is 83.2. The van der Waals surface area contributed by atoms with Crippen LogP contribution in [0.5, 0.6) is 23.0 Å². The summed E-state index contributed by atoms with van der Waals surface area (Å²) in [6.45, 7) is 25.5. The SMILES string of the molecule is CCOC(=O)C(C(CC(C)(C)C1C(=O)OC(=O)C1C)C(=O)O)C(C)(C)CC(C(=O)O)C(C(=O)NCCCN(C)C)C(C)(C)CC1C(=O)N(CCN(C)C)C(=O)C1C(C)(C)CC1C(=O)N(CCCNS(=O)(=O)c2cc(C(=O)c3ccc(C)cc3)c(O)cc2OC)C(=O)C1C(C)(C)CC(C(=O)O)C(C(=O)NCCCNS(=O)(=O)c1cc(C(=O)c2ccc(C)cc2)c(O)cc1OC)C(C)(C)CC. The number of hydrogen-bond acceptors (Lipinski definition) is 26. The number of sulfonamides is 2. The molecule has 134 heavy (non-hydrogen) atoms. The Labute approximate surface area is 786 Å². The van der Waals surface area contributed by atoms with E-state index in [0.717, 1.165) is 52.3 Å². The molecule has 3 aliphatic heterocycles. The third-order valence-electron chi connectivity index (χ3n) is 27.2. The first-order chi connectivity index (χ1) is 62.0. The van der Waals surface area contributed by atoms with E-state index in [1.165, 1.54) is 59.1 Å². The molecule has 4 aromatic rings. The van der Waals surface area contributed by atoms with Gasteiger partial charge in [0.15, 0.2) is 11.6 Å². The number of phenolic OH excluding ortho intramolecular Hbond substituents is 2. The van der Waals surface area contributed by atoms with Gasteiger partial charge < -0.3 is 64.9 Å². The van der Waals surface area contributed by atoms with Gasteiger partial charge in [0, 0.05) is 69.1 Å². The molecule has 4 aromatic carbocycles. The minimum Gasteiger partial charge on any atom is -0.507 e. The topological polar surface area (TPSA) is 506 Å². The third kappa shape index (κ3) is 25.8. The number of phenols is 2. The number of cyclic esters (lactones) is 2. The molecule has 0 bridgehead atoms. The van der Waals surface area contributed by atoms with Crippen molar-refractivity contribution in [2.45, 2.75) is 185 Å². The van der Waals surface area contributed by atoms with E-state index < -0.39 is 273 Å². The molecule has 0 spiro atoms. The van der Waals surface area contributed by atoms with E-state index in [1.807, 2.05) is 4.90 Å². The fraction of sp³-hybridized carbons (Fsp3) is 0.608. The highest BCUT2D eigenvalue weighted by atomic mass is 32.2. The number of carbonyl (C=O) groups is 14. The molecule has 9 N–H and O–H groups in total. The van der Waals surface area contributed by atoms with Crippen molar-refractivity contribution in [3.8, 4) is 23.0 Å². The summed E-state index contributed by atoms with van der Waals surface area (Å²) in [4.78, 5) is 210. The first kappa shape index (κ1) is 110. The lowest BCUT2D eigenvalue weighted by Crippen LogP contribution is -2.51. The first-order valence-electron chi connectivity index (χ1n) is 45.2. The molecular weight excluding hydrogens is 1770 g/mol. The van der Waals surface area contributed by atoms with Gasteiger partial charge in [0.1, 0.15) is 32.8 Å². The first-order valence-corrected chi connectivity index (χ1v) is 48.2. The number of nitrogens with zero attached hydrogens (tertiary/aromatic N) is 4. The highest BCUT2D eigenvalue weighted by molar-refractivity contribution is 7.90. The van der Waals surface area contributed by atoms with Crippen LogP contribution >= 0.6 is 0 Å². The fourth-order valence-electron chi connectivity index (χ4n) is 20.1. The lowest BCUT2D eigenvalue weighted by molar-refractivity contribution is -0.168. The predicted molar refractivity (Wildman–Crippen MR) is 494 cm³/mol. The number of carbonyl (C=O) groups excluding carboxylic acids is 11. The summed E-state index contributed by atoms with van der Waals surface area (Å²) in [6, 6.07) is 16.6. The zero-order chi connectivity index (χ0) is 101. The number of likely N-dealkylation sites (N-methyl/N-ethyl adjacent to an activating group) is 1. The number of nitrogens with one attached hydrogen (secondary N) is 4. The molecule has 0 aliphatic carbocycles. The molecule has 3 fully saturated rings. The quantitative estimate of drug-likeness (QED) is 0.00652. The fourth-order valence-corrected chi connectivity index (χ4v) is 22.6. The van der Waals surface area contributed by atoms with Gasteiger partial charge in [-0.1, -0.05) is 163 Å². The number of hydrogen-bond donors (Lipinski definition) is 9. The van der Waals surface area contributed by atoms with Gasteiger partial charge in [-0.2, -0.15) is 0 Å². The van der Waals surface area contributed by atoms with E-state index >= 15 is 28.8 Å². The van der Waals surface area contributed by atoms with Crippen molar-refractivity contribution in [1.29, 1.82) is 0 Å². The number of aromatic hydroxyl groups is 2.